The van der Waals surface area contributed by atoms with Crippen LogP contribution in [0.1, 0.15) is 21.6 Å². The van der Waals surface area contributed by atoms with Gasteiger partial charge in [-0.25, -0.2) is 9.97 Å². The lowest BCUT2D eigenvalue weighted by Crippen LogP contribution is -2.15. The Morgan fingerprint density at radius 3 is 2.47 bits per heavy atom. The monoisotopic (exact) mass is 514 g/mol. The smallest absolute Gasteiger partial charge is 0.257 e. The maximum Gasteiger partial charge on any atom is 0.257 e. The SMILES string of the molecule is COc1ccc(C(=O)Nc2nc(CC(=O)Nc3ccc(-c4nc5ccc(C)cc5s4)cc3)cs2)cc1. The van der Waals surface area contributed by atoms with Crippen molar-refractivity contribution in [3.05, 3.63) is 88.9 Å². The summed E-state index contributed by atoms with van der Waals surface area (Å²) in [5.41, 5.74) is 4.98. The molecule has 0 aliphatic carbocycles. The number of carbonyl (C=O) groups is 2. The zero-order valence-corrected chi connectivity index (χ0v) is 21.2. The average molecular weight is 515 g/mol. The fourth-order valence-electron chi connectivity index (χ4n) is 3.58. The molecule has 0 saturated carbocycles. The van der Waals surface area contributed by atoms with Crippen molar-refractivity contribution in [2.75, 3.05) is 17.7 Å². The van der Waals surface area contributed by atoms with E-state index in [1.54, 1.807) is 48.1 Å². The van der Waals surface area contributed by atoms with E-state index in [9.17, 15) is 9.59 Å². The summed E-state index contributed by atoms with van der Waals surface area (Å²) in [6.45, 7) is 2.07. The predicted octanol–water partition coefficient (Wildman–Crippen LogP) is 6.17. The molecule has 0 unspecified atom stereocenters. The third kappa shape index (κ3) is 5.42. The Hall–Kier alpha value is -4.08. The molecular formula is C27H22N4O3S2. The van der Waals surface area contributed by atoms with Gasteiger partial charge in [-0.3, -0.25) is 14.9 Å². The molecule has 0 saturated heterocycles. The Kier molecular flexibility index (Phi) is 6.75. The van der Waals surface area contributed by atoms with Crippen molar-refractivity contribution in [1.82, 2.24) is 9.97 Å². The minimum atomic E-state index is -0.272. The van der Waals surface area contributed by atoms with Gasteiger partial charge in [0.15, 0.2) is 5.13 Å². The van der Waals surface area contributed by atoms with Gasteiger partial charge in [-0.05, 0) is 73.2 Å². The zero-order valence-electron chi connectivity index (χ0n) is 19.6. The topological polar surface area (TPSA) is 93.2 Å². The number of aromatic nitrogens is 2. The standard InChI is InChI=1S/C27H22N4O3S2/c1-16-3-12-22-23(13-16)36-26(30-22)18-4-8-19(9-5-18)28-24(32)14-20-15-35-27(29-20)31-25(33)17-6-10-21(34-2)11-7-17/h3-13,15H,14H2,1-2H3,(H,28,32)(H,29,31,33). The van der Waals surface area contributed by atoms with E-state index < -0.39 is 0 Å². The summed E-state index contributed by atoms with van der Waals surface area (Å²) in [5.74, 6) is 0.221. The van der Waals surface area contributed by atoms with E-state index in [0.717, 1.165) is 20.8 Å². The second-order valence-electron chi connectivity index (χ2n) is 8.12. The highest BCUT2D eigenvalue weighted by molar-refractivity contribution is 7.21. The van der Waals surface area contributed by atoms with E-state index in [0.29, 0.717) is 27.8 Å². The summed E-state index contributed by atoms with van der Waals surface area (Å²) in [6, 6.07) is 20.7. The second kappa shape index (κ2) is 10.3. The molecule has 5 rings (SSSR count). The van der Waals surface area contributed by atoms with Crippen molar-refractivity contribution in [1.29, 1.82) is 0 Å². The van der Waals surface area contributed by atoms with Crippen LogP contribution in [0, 0.1) is 6.92 Å². The van der Waals surface area contributed by atoms with E-state index in [4.69, 9.17) is 9.72 Å². The van der Waals surface area contributed by atoms with Crippen molar-refractivity contribution < 1.29 is 14.3 Å². The number of nitrogens with one attached hydrogen (secondary N) is 2. The number of amides is 2. The third-order valence-corrected chi connectivity index (χ3v) is 7.30. The molecule has 0 fully saturated rings. The first-order valence-corrected chi connectivity index (χ1v) is 12.8. The molecule has 2 N–H and O–H groups in total. The Balaban J connectivity index is 1.17. The number of ether oxygens (including phenoxy) is 1. The van der Waals surface area contributed by atoms with Gasteiger partial charge in [0.2, 0.25) is 5.91 Å². The first-order valence-electron chi connectivity index (χ1n) is 11.1. The van der Waals surface area contributed by atoms with Crippen LogP contribution in [0.5, 0.6) is 5.75 Å². The number of aryl methyl sites for hydroxylation is 1. The Morgan fingerprint density at radius 1 is 0.944 bits per heavy atom. The van der Waals surface area contributed by atoms with Crippen LogP contribution in [0.2, 0.25) is 0 Å². The highest BCUT2D eigenvalue weighted by Gasteiger charge is 2.12. The molecule has 0 radical (unpaired) electrons. The molecule has 0 aliphatic heterocycles. The summed E-state index contributed by atoms with van der Waals surface area (Å²) in [5, 5.41) is 8.81. The number of fused-ring (bicyclic) bond motifs is 1. The van der Waals surface area contributed by atoms with Crippen molar-refractivity contribution in [3.8, 4) is 16.3 Å². The molecule has 0 bridgehead atoms. The molecule has 9 heteroatoms. The summed E-state index contributed by atoms with van der Waals surface area (Å²) in [6.07, 6.45) is 0.105. The van der Waals surface area contributed by atoms with Gasteiger partial charge < -0.3 is 10.1 Å². The van der Waals surface area contributed by atoms with Gasteiger partial charge in [0.25, 0.3) is 5.91 Å². The lowest BCUT2D eigenvalue weighted by molar-refractivity contribution is -0.115. The summed E-state index contributed by atoms with van der Waals surface area (Å²) in [4.78, 5) is 34.0. The van der Waals surface area contributed by atoms with Crippen molar-refractivity contribution in [2.24, 2.45) is 0 Å². The van der Waals surface area contributed by atoms with Gasteiger partial charge in [0.1, 0.15) is 10.8 Å². The van der Waals surface area contributed by atoms with Crippen LogP contribution in [-0.2, 0) is 11.2 Å². The van der Waals surface area contributed by atoms with Crippen LogP contribution in [0.15, 0.2) is 72.1 Å². The van der Waals surface area contributed by atoms with E-state index >= 15 is 0 Å². The minimum absolute atomic E-state index is 0.105. The number of hydrogen-bond acceptors (Lipinski definition) is 7. The molecule has 7 nitrogen and oxygen atoms in total. The van der Waals surface area contributed by atoms with E-state index in [1.807, 2.05) is 30.3 Å². The summed E-state index contributed by atoms with van der Waals surface area (Å²) < 4.78 is 6.27. The molecule has 2 aromatic heterocycles. The van der Waals surface area contributed by atoms with Crippen molar-refractivity contribution in [2.45, 2.75) is 13.3 Å². The summed E-state index contributed by atoms with van der Waals surface area (Å²) >= 11 is 2.93. The largest absolute Gasteiger partial charge is 0.497 e. The molecule has 5 aromatic rings. The van der Waals surface area contributed by atoms with E-state index in [-0.39, 0.29) is 18.2 Å². The van der Waals surface area contributed by atoms with Crippen LogP contribution >= 0.6 is 22.7 Å². The first kappa shape index (κ1) is 23.7. The quantitative estimate of drug-likeness (QED) is 0.271. The molecular weight excluding hydrogens is 492 g/mol. The molecule has 2 heterocycles. The van der Waals surface area contributed by atoms with Crippen LogP contribution in [0.4, 0.5) is 10.8 Å². The van der Waals surface area contributed by atoms with Crippen LogP contribution in [0.25, 0.3) is 20.8 Å². The number of rotatable bonds is 7. The van der Waals surface area contributed by atoms with Crippen molar-refractivity contribution >= 4 is 55.5 Å². The van der Waals surface area contributed by atoms with Gasteiger partial charge in [0.05, 0.1) is 29.4 Å². The van der Waals surface area contributed by atoms with Crippen LogP contribution in [-0.4, -0.2) is 28.9 Å². The maximum atomic E-state index is 12.5. The number of methoxy groups -OCH3 is 1. The molecule has 3 aromatic carbocycles. The minimum Gasteiger partial charge on any atom is -0.497 e. The third-order valence-electron chi connectivity index (χ3n) is 5.43. The second-order valence-corrected chi connectivity index (χ2v) is 10.0. The lowest BCUT2D eigenvalue weighted by Gasteiger charge is -2.05. The van der Waals surface area contributed by atoms with E-state index in [2.05, 4.69) is 34.7 Å². The Labute approximate surface area is 215 Å². The number of carbonyl (C=O) groups excluding carboxylic acids is 2. The average Bonchev–Trinajstić information content (AvgIpc) is 3.50. The number of anilines is 2. The molecule has 0 atom stereocenters. The van der Waals surface area contributed by atoms with Gasteiger partial charge in [0, 0.05) is 22.2 Å². The highest BCUT2D eigenvalue weighted by Crippen LogP contribution is 2.31. The molecule has 180 valence electrons. The fraction of sp³-hybridized carbons (Fsp3) is 0.111. The van der Waals surface area contributed by atoms with Gasteiger partial charge in [-0.15, -0.1) is 22.7 Å². The number of thiazole rings is 2. The summed E-state index contributed by atoms with van der Waals surface area (Å²) in [7, 11) is 1.57. The normalized spacial score (nSPS) is 10.8. The molecule has 0 spiro atoms. The Morgan fingerprint density at radius 2 is 1.72 bits per heavy atom. The van der Waals surface area contributed by atoms with Gasteiger partial charge in [-0.2, -0.15) is 0 Å². The number of nitrogens with zero attached hydrogens (tertiary/aromatic N) is 2. The lowest BCUT2D eigenvalue weighted by atomic mass is 10.2. The maximum absolute atomic E-state index is 12.5. The van der Waals surface area contributed by atoms with Crippen molar-refractivity contribution in [3.63, 3.8) is 0 Å². The molecule has 36 heavy (non-hydrogen) atoms. The Bertz CT molecular complexity index is 1540. The number of benzene rings is 3. The van der Waals surface area contributed by atoms with E-state index in [1.165, 1.54) is 16.9 Å². The predicted molar refractivity (Wildman–Crippen MR) is 145 cm³/mol. The van der Waals surface area contributed by atoms with Crippen LogP contribution < -0.4 is 15.4 Å². The molecule has 0 aliphatic rings. The van der Waals surface area contributed by atoms with Gasteiger partial charge >= 0.3 is 0 Å². The highest BCUT2D eigenvalue weighted by atomic mass is 32.1. The molecule has 2 amide bonds. The van der Waals surface area contributed by atoms with Gasteiger partial charge in [-0.1, -0.05) is 6.07 Å². The van der Waals surface area contributed by atoms with Crippen LogP contribution in [0.3, 0.4) is 0 Å². The number of hydrogen-bond donors (Lipinski definition) is 2. The fourth-order valence-corrected chi connectivity index (χ4v) is 5.35. The first-order chi connectivity index (χ1) is 17.5. The zero-order chi connectivity index (χ0) is 25.1.